The van der Waals surface area contributed by atoms with E-state index in [1.54, 1.807) is 6.20 Å². The largest absolute Gasteiger partial charge is 0.352 e. The van der Waals surface area contributed by atoms with Gasteiger partial charge in [-0.15, -0.1) is 0 Å². The van der Waals surface area contributed by atoms with Gasteiger partial charge in [-0.2, -0.15) is 0 Å². The molecule has 3 aromatic rings. The van der Waals surface area contributed by atoms with Crippen molar-refractivity contribution in [3.63, 3.8) is 0 Å². The molecule has 2 aromatic heterocycles. The number of nitrogens with zero attached hydrogens (tertiary/aromatic N) is 3. The Morgan fingerprint density at radius 1 is 1.39 bits per heavy atom. The van der Waals surface area contributed by atoms with Crippen LogP contribution in [0.25, 0.3) is 11.0 Å². The summed E-state index contributed by atoms with van der Waals surface area (Å²) in [6.07, 6.45) is 5.56. The van der Waals surface area contributed by atoms with Gasteiger partial charge in [0, 0.05) is 25.0 Å². The van der Waals surface area contributed by atoms with Crippen LogP contribution < -0.4 is 5.32 Å². The molecule has 0 spiro atoms. The van der Waals surface area contributed by atoms with Crippen molar-refractivity contribution in [1.82, 2.24) is 19.5 Å². The molecule has 0 aliphatic heterocycles. The van der Waals surface area contributed by atoms with Crippen molar-refractivity contribution >= 4 is 17.0 Å². The van der Waals surface area contributed by atoms with Crippen LogP contribution in [-0.2, 0) is 6.54 Å². The Hall–Kier alpha value is -2.30. The lowest BCUT2D eigenvalue weighted by molar-refractivity contribution is 0.616. The number of para-hydroxylation sites is 2. The first-order valence-electron chi connectivity index (χ1n) is 5.98. The predicted octanol–water partition coefficient (Wildman–Crippen LogP) is 2.26. The van der Waals surface area contributed by atoms with E-state index in [2.05, 4.69) is 27.2 Å². The van der Waals surface area contributed by atoms with Gasteiger partial charge >= 0.3 is 0 Å². The van der Waals surface area contributed by atoms with Crippen LogP contribution in [0, 0.1) is 0 Å². The lowest BCUT2D eigenvalue weighted by Gasteiger charge is -2.13. The third-order valence-corrected chi connectivity index (χ3v) is 2.82. The van der Waals surface area contributed by atoms with Crippen LogP contribution in [0.2, 0.25) is 0 Å². The van der Waals surface area contributed by atoms with Gasteiger partial charge in [-0.25, -0.2) is 9.97 Å². The first-order chi connectivity index (χ1) is 8.81. The van der Waals surface area contributed by atoms with Crippen molar-refractivity contribution in [2.75, 3.05) is 5.32 Å². The summed E-state index contributed by atoms with van der Waals surface area (Å²) in [6.45, 7) is 2.98. The molecule has 0 saturated heterocycles. The number of nitrogens with one attached hydrogen (secondary N) is 2. The van der Waals surface area contributed by atoms with E-state index in [-0.39, 0.29) is 6.04 Å². The number of aromatic nitrogens is 4. The van der Waals surface area contributed by atoms with Gasteiger partial charge in [0.25, 0.3) is 0 Å². The minimum absolute atomic E-state index is 0.278. The molecule has 0 saturated carbocycles. The van der Waals surface area contributed by atoms with Crippen LogP contribution in [0.5, 0.6) is 0 Å². The summed E-state index contributed by atoms with van der Waals surface area (Å²) >= 11 is 0. The SMILES string of the molecule is CC(Cn1ccnc1)Nc1nc2ccccc2[nH]1. The first-order valence-corrected chi connectivity index (χ1v) is 5.98. The van der Waals surface area contributed by atoms with Gasteiger partial charge in [0.2, 0.25) is 5.95 Å². The highest BCUT2D eigenvalue weighted by Crippen LogP contribution is 2.14. The van der Waals surface area contributed by atoms with E-state index < -0.39 is 0 Å². The Balaban J connectivity index is 1.71. The molecule has 1 atom stereocenters. The Kier molecular flexibility index (Phi) is 2.72. The van der Waals surface area contributed by atoms with E-state index in [9.17, 15) is 0 Å². The monoisotopic (exact) mass is 241 g/mol. The number of imidazole rings is 2. The molecule has 2 N–H and O–H groups in total. The first kappa shape index (κ1) is 10.8. The van der Waals surface area contributed by atoms with Crippen LogP contribution >= 0.6 is 0 Å². The van der Waals surface area contributed by atoms with Crippen LogP contribution in [0.15, 0.2) is 43.0 Å². The van der Waals surface area contributed by atoms with Crippen LogP contribution in [0.3, 0.4) is 0 Å². The number of hydrogen-bond acceptors (Lipinski definition) is 3. The average Bonchev–Trinajstić information content (AvgIpc) is 2.96. The normalized spacial score (nSPS) is 12.7. The number of H-pyrrole nitrogens is 1. The number of benzene rings is 1. The highest BCUT2D eigenvalue weighted by atomic mass is 15.2. The van der Waals surface area contributed by atoms with Gasteiger partial charge in [-0.05, 0) is 19.1 Å². The van der Waals surface area contributed by atoms with Crippen molar-refractivity contribution in [2.45, 2.75) is 19.5 Å². The summed E-state index contributed by atoms with van der Waals surface area (Å²) in [4.78, 5) is 11.8. The lowest BCUT2D eigenvalue weighted by atomic mass is 10.3. The van der Waals surface area contributed by atoms with Crippen LogP contribution in [0.1, 0.15) is 6.92 Å². The van der Waals surface area contributed by atoms with Gasteiger partial charge in [-0.3, -0.25) is 0 Å². The summed E-state index contributed by atoms with van der Waals surface area (Å²) in [7, 11) is 0. The number of fused-ring (bicyclic) bond motifs is 1. The number of anilines is 1. The number of hydrogen-bond donors (Lipinski definition) is 2. The maximum absolute atomic E-state index is 4.49. The molecule has 3 rings (SSSR count). The zero-order chi connectivity index (χ0) is 12.4. The topological polar surface area (TPSA) is 58.5 Å². The fourth-order valence-corrected chi connectivity index (χ4v) is 2.01. The minimum atomic E-state index is 0.278. The molecule has 5 nitrogen and oxygen atoms in total. The number of rotatable bonds is 4. The quantitative estimate of drug-likeness (QED) is 0.736. The second-order valence-corrected chi connectivity index (χ2v) is 4.41. The molecular weight excluding hydrogens is 226 g/mol. The Labute approximate surface area is 105 Å². The Morgan fingerprint density at radius 2 is 2.28 bits per heavy atom. The van der Waals surface area contributed by atoms with E-state index >= 15 is 0 Å². The fourth-order valence-electron chi connectivity index (χ4n) is 2.01. The lowest BCUT2D eigenvalue weighted by Crippen LogP contribution is -2.21. The fraction of sp³-hybridized carbons (Fsp3) is 0.231. The standard InChI is InChI=1S/C13H15N5/c1-10(8-18-7-6-14-9-18)15-13-16-11-4-2-3-5-12(11)17-13/h2-7,9-10H,8H2,1H3,(H2,15,16,17). The minimum Gasteiger partial charge on any atom is -0.352 e. The van der Waals surface area contributed by atoms with Crippen molar-refractivity contribution in [1.29, 1.82) is 0 Å². The molecule has 5 heteroatoms. The summed E-state index contributed by atoms with van der Waals surface area (Å²) < 4.78 is 2.04. The van der Waals surface area contributed by atoms with E-state index in [1.807, 2.05) is 41.4 Å². The molecule has 0 radical (unpaired) electrons. The Morgan fingerprint density at radius 3 is 3.06 bits per heavy atom. The zero-order valence-electron chi connectivity index (χ0n) is 10.2. The molecule has 92 valence electrons. The summed E-state index contributed by atoms with van der Waals surface area (Å²) in [5.41, 5.74) is 2.03. The van der Waals surface area contributed by atoms with E-state index in [0.29, 0.717) is 0 Å². The molecule has 1 unspecified atom stereocenters. The van der Waals surface area contributed by atoms with Gasteiger partial charge in [0.05, 0.1) is 17.4 Å². The molecule has 0 aliphatic rings. The molecule has 0 bridgehead atoms. The average molecular weight is 241 g/mol. The smallest absolute Gasteiger partial charge is 0.201 e. The van der Waals surface area contributed by atoms with Crippen molar-refractivity contribution in [3.05, 3.63) is 43.0 Å². The van der Waals surface area contributed by atoms with E-state index in [0.717, 1.165) is 23.5 Å². The molecule has 2 heterocycles. The van der Waals surface area contributed by atoms with Gasteiger partial charge < -0.3 is 14.9 Å². The summed E-state index contributed by atoms with van der Waals surface area (Å²) in [5.74, 6) is 0.809. The van der Waals surface area contributed by atoms with Crippen molar-refractivity contribution < 1.29 is 0 Å². The summed E-state index contributed by atoms with van der Waals surface area (Å²) in [6, 6.07) is 8.28. The highest BCUT2D eigenvalue weighted by molar-refractivity contribution is 5.77. The number of aromatic amines is 1. The molecule has 0 fully saturated rings. The highest BCUT2D eigenvalue weighted by Gasteiger charge is 2.06. The van der Waals surface area contributed by atoms with Crippen LogP contribution in [-0.4, -0.2) is 25.6 Å². The van der Waals surface area contributed by atoms with Gasteiger partial charge in [-0.1, -0.05) is 12.1 Å². The third-order valence-electron chi connectivity index (χ3n) is 2.82. The van der Waals surface area contributed by atoms with E-state index in [4.69, 9.17) is 0 Å². The predicted molar refractivity (Wildman–Crippen MR) is 71.4 cm³/mol. The third kappa shape index (κ3) is 2.20. The van der Waals surface area contributed by atoms with Crippen molar-refractivity contribution in [3.8, 4) is 0 Å². The molecule has 0 amide bonds. The van der Waals surface area contributed by atoms with Gasteiger partial charge in [0.1, 0.15) is 0 Å². The zero-order valence-corrected chi connectivity index (χ0v) is 10.2. The maximum Gasteiger partial charge on any atom is 0.201 e. The van der Waals surface area contributed by atoms with E-state index in [1.165, 1.54) is 0 Å². The molecular formula is C13H15N5. The Bertz CT molecular complexity index is 593. The van der Waals surface area contributed by atoms with Crippen molar-refractivity contribution in [2.24, 2.45) is 0 Å². The van der Waals surface area contributed by atoms with Crippen LogP contribution in [0.4, 0.5) is 5.95 Å². The second kappa shape index (κ2) is 4.52. The summed E-state index contributed by atoms with van der Waals surface area (Å²) in [5, 5.41) is 3.35. The van der Waals surface area contributed by atoms with Gasteiger partial charge in [0.15, 0.2) is 0 Å². The second-order valence-electron chi connectivity index (χ2n) is 4.41. The molecule has 0 aliphatic carbocycles. The molecule has 18 heavy (non-hydrogen) atoms. The maximum atomic E-state index is 4.49. The molecule has 1 aromatic carbocycles.